The molecule has 0 saturated heterocycles. The van der Waals surface area contributed by atoms with Crippen molar-refractivity contribution in [3.05, 3.63) is 54.1 Å². The third kappa shape index (κ3) is 1.54. The van der Waals surface area contributed by atoms with E-state index in [1.165, 1.54) is 5.56 Å². The van der Waals surface area contributed by atoms with E-state index in [1.807, 2.05) is 36.4 Å². The summed E-state index contributed by atoms with van der Waals surface area (Å²) < 4.78 is 11.4. The molecule has 0 fully saturated rings. The van der Waals surface area contributed by atoms with Crippen LogP contribution in [-0.4, -0.2) is 7.12 Å². The van der Waals surface area contributed by atoms with Crippen molar-refractivity contribution in [2.45, 2.75) is 6.92 Å². The molecule has 3 rings (SSSR count). The van der Waals surface area contributed by atoms with Gasteiger partial charge in [0.15, 0.2) is 0 Å². The first kappa shape index (κ1) is 9.34. The van der Waals surface area contributed by atoms with Gasteiger partial charge in [0.05, 0.1) is 0 Å². The van der Waals surface area contributed by atoms with Crippen LogP contribution in [-0.2, 0) is 0 Å². The molecular formula is C13H11BO2. The number of hydrogen-bond donors (Lipinski definition) is 0. The van der Waals surface area contributed by atoms with Crippen molar-refractivity contribution in [1.82, 2.24) is 0 Å². The Morgan fingerprint density at radius 2 is 1.38 bits per heavy atom. The predicted molar refractivity (Wildman–Crippen MR) is 64.3 cm³/mol. The van der Waals surface area contributed by atoms with Crippen LogP contribution >= 0.6 is 0 Å². The Labute approximate surface area is 95.0 Å². The molecular weight excluding hydrogens is 199 g/mol. The molecule has 1 aliphatic heterocycles. The number of aryl methyl sites for hydroxylation is 1. The highest BCUT2D eigenvalue weighted by Gasteiger charge is 2.33. The molecule has 78 valence electrons. The van der Waals surface area contributed by atoms with Gasteiger partial charge in [0.2, 0.25) is 0 Å². The quantitative estimate of drug-likeness (QED) is 0.671. The third-order valence-corrected chi connectivity index (χ3v) is 2.67. The Morgan fingerprint density at radius 3 is 1.94 bits per heavy atom. The van der Waals surface area contributed by atoms with E-state index >= 15 is 0 Å². The largest absolute Gasteiger partial charge is 0.632 e. The van der Waals surface area contributed by atoms with Crippen LogP contribution < -0.4 is 14.8 Å². The minimum atomic E-state index is -0.307. The average Bonchev–Trinajstić information content (AvgIpc) is 2.73. The van der Waals surface area contributed by atoms with Crippen molar-refractivity contribution < 1.29 is 9.31 Å². The molecule has 0 saturated carbocycles. The van der Waals surface area contributed by atoms with Crippen LogP contribution in [0.15, 0.2) is 48.5 Å². The molecule has 0 atom stereocenters. The van der Waals surface area contributed by atoms with E-state index in [2.05, 4.69) is 19.1 Å². The van der Waals surface area contributed by atoms with Crippen LogP contribution in [0.25, 0.3) is 0 Å². The first-order valence-corrected chi connectivity index (χ1v) is 5.32. The summed E-state index contributed by atoms with van der Waals surface area (Å²) >= 11 is 0. The Morgan fingerprint density at radius 1 is 0.812 bits per heavy atom. The molecule has 0 spiro atoms. The maximum atomic E-state index is 5.71. The lowest BCUT2D eigenvalue weighted by molar-refractivity contribution is 0.519. The molecule has 3 heteroatoms. The highest BCUT2D eigenvalue weighted by atomic mass is 16.6. The van der Waals surface area contributed by atoms with Crippen LogP contribution in [0.1, 0.15) is 5.56 Å². The van der Waals surface area contributed by atoms with Crippen molar-refractivity contribution in [2.75, 3.05) is 0 Å². The topological polar surface area (TPSA) is 18.5 Å². The number of rotatable bonds is 1. The van der Waals surface area contributed by atoms with Gasteiger partial charge in [-0.05, 0) is 19.1 Å². The van der Waals surface area contributed by atoms with Gasteiger partial charge < -0.3 is 9.31 Å². The fourth-order valence-electron chi connectivity index (χ4n) is 1.76. The maximum Gasteiger partial charge on any atom is 0.632 e. The molecule has 16 heavy (non-hydrogen) atoms. The van der Waals surface area contributed by atoms with Gasteiger partial charge in [0, 0.05) is 5.46 Å². The summed E-state index contributed by atoms with van der Waals surface area (Å²) in [7, 11) is -0.307. The number of hydrogen-bond acceptors (Lipinski definition) is 2. The van der Waals surface area contributed by atoms with Crippen molar-refractivity contribution >= 4 is 12.6 Å². The van der Waals surface area contributed by atoms with Crippen LogP contribution in [0.2, 0.25) is 0 Å². The minimum Gasteiger partial charge on any atom is -0.519 e. The van der Waals surface area contributed by atoms with E-state index in [4.69, 9.17) is 9.31 Å². The van der Waals surface area contributed by atoms with Gasteiger partial charge in [-0.2, -0.15) is 0 Å². The van der Waals surface area contributed by atoms with E-state index in [-0.39, 0.29) is 7.12 Å². The van der Waals surface area contributed by atoms with E-state index in [0.717, 1.165) is 17.0 Å². The van der Waals surface area contributed by atoms with Crippen LogP contribution in [0.5, 0.6) is 11.5 Å². The van der Waals surface area contributed by atoms with E-state index in [0.29, 0.717) is 0 Å². The summed E-state index contributed by atoms with van der Waals surface area (Å²) in [5.41, 5.74) is 2.28. The fraction of sp³-hybridized carbons (Fsp3) is 0.0769. The van der Waals surface area contributed by atoms with Crippen molar-refractivity contribution in [2.24, 2.45) is 0 Å². The van der Waals surface area contributed by atoms with Crippen LogP contribution in [0.3, 0.4) is 0 Å². The lowest BCUT2D eigenvalue weighted by atomic mass is 9.79. The smallest absolute Gasteiger partial charge is 0.519 e. The molecule has 0 N–H and O–H groups in total. The highest BCUT2D eigenvalue weighted by Crippen LogP contribution is 2.32. The zero-order chi connectivity index (χ0) is 11.0. The molecule has 0 aromatic heterocycles. The summed E-state index contributed by atoms with van der Waals surface area (Å²) in [5, 5.41) is 0. The van der Waals surface area contributed by atoms with Crippen molar-refractivity contribution in [1.29, 1.82) is 0 Å². The second-order valence-corrected chi connectivity index (χ2v) is 3.93. The first-order chi connectivity index (χ1) is 7.83. The van der Waals surface area contributed by atoms with Gasteiger partial charge in [-0.25, -0.2) is 0 Å². The minimum absolute atomic E-state index is 0.307. The van der Waals surface area contributed by atoms with Gasteiger partial charge in [0.25, 0.3) is 0 Å². The molecule has 1 heterocycles. The van der Waals surface area contributed by atoms with E-state index in [9.17, 15) is 0 Å². The SMILES string of the molecule is Cc1ccc(B2Oc3ccccc3O2)cc1. The second kappa shape index (κ2) is 3.60. The average molecular weight is 210 g/mol. The zero-order valence-electron chi connectivity index (χ0n) is 9.01. The number of benzene rings is 2. The molecule has 0 aliphatic carbocycles. The Hall–Kier alpha value is -1.90. The van der Waals surface area contributed by atoms with Gasteiger partial charge in [-0.15, -0.1) is 0 Å². The van der Waals surface area contributed by atoms with Crippen molar-refractivity contribution in [3.8, 4) is 11.5 Å². The predicted octanol–water partition coefficient (Wildman–Crippen LogP) is 2.16. The third-order valence-electron chi connectivity index (χ3n) is 2.67. The molecule has 2 aromatic carbocycles. The fourth-order valence-corrected chi connectivity index (χ4v) is 1.76. The Balaban J connectivity index is 1.88. The zero-order valence-corrected chi connectivity index (χ0v) is 9.01. The van der Waals surface area contributed by atoms with Gasteiger partial charge in [-0.1, -0.05) is 42.0 Å². The molecule has 2 aromatic rings. The lowest BCUT2D eigenvalue weighted by Gasteiger charge is -2.04. The Bertz CT molecular complexity index is 483. The van der Waals surface area contributed by atoms with E-state index in [1.54, 1.807) is 0 Å². The van der Waals surface area contributed by atoms with Gasteiger partial charge in [-0.3, -0.25) is 0 Å². The maximum absolute atomic E-state index is 5.71. The Kier molecular flexibility index (Phi) is 2.10. The summed E-state index contributed by atoms with van der Waals surface area (Å²) in [6.07, 6.45) is 0. The molecule has 1 aliphatic rings. The van der Waals surface area contributed by atoms with Crippen LogP contribution in [0, 0.1) is 6.92 Å². The molecule has 0 bridgehead atoms. The summed E-state index contributed by atoms with van der Waals surface area (Å²) in [6.45, 7) is 2.06. The normalized spacial score (nSPS) is 12.9. The molecule has 0 amide bonds. The molecule has 0 radical (unpaired) electrons. The van der Waals surface area contributed by atoms with Gasteiger partial charge >= 0.3 is 7.12 Å². The molecule has 2 nitrogen and oxygen atoms in total. The second-order valence-electron chi connectivity index (χ2n) is 3.93. The summed E-state index contributed by atoms with van der Waals surface area (Å²) in [4.78, 5) is 0. The monoisotopic (exact) mass is 210 g/mol. The summed E-state index contributed by atoms with van der Waals surface area (Å²) in [6, 6.07) is 15.9. The highest BCUT2D eigenvalue weighted by molar-refractivity contribution is 6.63. The van der Waals surface area contributed by atoms with Crippen LogP contribution in [0.4, 0.5) is 0 Å². The van der Waals surface area contributed by atoms with Crippen molar-refractivity contribution in [3.63, 3.8) is 0 Å². The van der Waals surface area contributed by atoms with E-state index < -0.39 is 0 Å². The number of para-hydroxylation sites is 2. The standard InChI is InChI=1S/C13H11BO2/c1-10-6-8-11(9-7-10)14-15-12-4-2-3-5-13(12)16-14/h2-9H,1H3. The first-order valence-electron chi connectivity index (χ1n) is 5.32. The number of fused-ring (bicyclic) bond motifs is 1. The molecule has 0 unspecified atom stereocenters. The van der Waals surface area contributed by atoms with Gasteiger partial charge in [0.1, 0.15) is 11.5 Å². The summed E-state index contributed by atoms with van der Waals surface area (Å²) in [5.74, 6) is 1.63. The lowest BCUT2D eigenvalue weighted by Crippen LogP contribution is -2.38.